The number of aromatic hydroxyl groups is 1. The van der Waals surface area contributed by atoms with E-state index in [9.17, 15) is 17.7 Å². The fraction of sp³-hybridized carbons (Fsp3) is 0. The quantitative estimate of drug-likeness (QED) is 0.482. The van der Waals surface area contributed by atoms with Gasteiger partial charge < -0.3 is 18.1 Å². The summed E-state index contributed by atoms with van der Waals surface area (Å²) < 4.78 is 36.3. The van der Waals surface area contributed by atoms with Gasteiger partial charge in [0, 0.05) is 0 Å². The van der Waals surface area contributed by atoms with Gasteiger partial charge in [0.2, 0.25) is 0 Å². The molecule has 0 fully saturated rings. The Hall–Kier alpha value is 0.181. The molecule has 0 aliphatic heterocycles. The molecule has 1 aromatic rings. The molecule has 1 aromatic carbocycles. The van der Waals surface area contributed by atoms with Crippen molar-refractivity contribution < 1.29 is 74.2 Å². The fourth-order valence-corrected chi connectivity index (χ4v) is 0.871. The van der Waals surface area contributed by atoms with Crippen molar-refractivity contribution >= 4 is 18.7 Å². The van der Waals surface area contributed by atoms with Crippen molar-refractivity contribution in [2.45, 2.75) is 0 Å². The van der Waals surface area contributed by atoms with Gasteiger partial charge in [-0.05, 0) is 6.07 Å². The van der Waals surface area contributed by atoms with Crippen LogP contribution in [0.4, 0.5) is 12.9 Å². The van der Waals surface area contributed by atoms with Crippen LogP contribution in [-0.2, 0) is 0 Å². The largest absolute Gasteiger partial charge is 1.00 e. The Morgan fingerprint density at radius 1 is 1.29 bits per heavy atom. The van der Waals surface area contributed by atoms with E-state index in [1.165, 1.54) is 0 Å². The van der Waals surface area contributed by atoms with Gasteiger partial charge >= 0.3 is 58.4 Å². The van der Waals surface area contributed by atoms with Crippen molar-refractivity contribution in [1.29, 1.82) is 0 Å². The number of carbonyl (C=O) groups excluding carboxylic acids is 1. The fourth-order valence-electron chi connectivity index (χ4n) is 0.871. The molecule has 0 radical (unpaired) electrons. The Morgan fingerprint density at radius 2 is 1.86 bits per heavy atom. The standard InChI is InChI=1S/C7H5BF3O2.K/c9-8(10,11)6-1-2-7(13)5(3-6)4-12;/h1-4,13H;/q-1;+1. The zero-order valence-corrected chi connectivity index (χ0v) is 10.5. The van der Waals surface area contributed by atoms with Crippen molar-refractivity contribution in [2.24, 2.45) is 0 Å². The average Bonchev–Trinajstić information content (AvgIpc) is 2.03. The van der Waals surface area contributed by atoms with Gasteiger partial charge in [-0.1, -0.05) is 12.1 Å². The third kappa shape index (κ3) is 3.39. The number of halogens is 3. The minimum Gasteiger partial charge on any atom is -0.507 e. The Labute approximate surface area is 121 Å². The molecular formula is C7H5BF3KO2. The number of hydrogen-bond donors (Lipinski definition) is 1. The molecule has 7 heteroatoms. The van der Waals surface area contributed by atoms with Gasteiger partial charge in [-0.25, -0.2) is 0 Å². The molecule has 0 saturated heterocycles. The third-order valence-electron chi connectivity index (χ3n) is 1.56. The summed E-state index contributed by atoms with van der Waals surface area (Å²) in [5.41, 5.74) is -1.24. The van der Waals surface area contributed by atoms with Crippen LogP contribution >= 0.6 is 0 Å². The molecule has 14 heavy (non-hydrogen) atoms. The summed E-state index contributed by atoms with van der Waals surface area (Å²) in [4.78, 5) is 10.2. The maximum Gasteiger partial charge on any atom is 1.00 e. The molecule has 0 aromatic heterocycles. The molecule has 70 valence electrons. The molecule has 0 spiro atoms. The summed E-state index contributed by atoms with van der Waals surface area (Å²) in [5, 5.41) is 8.91. The summed E-state index contributed by atoms with van der Waals surface area (Å²) in [7, 11) is 0. The zero-order valence-electron chi connectivity index (χ0n) is 7.38. The van der Waals surface area contributed by atoms with E-state index in [1.54, 1.807) is 0 Å². The molecule has 2 nitrogen and oxygen atoms in total. The van der Waals surface area contributed by atoms with Gasteiger partial charge in [-0.2, -0.15) is 0 Å². The van der Waals surface area contributed by atoms with E-state index in [4.69, 9.17) is 5.11 Å². The second-order valence-corrected chi connectivity index (χ2v) is 2.51. The van der Waals surface area contributed by atoms with Crippen LogP contribution in [0.25, 0.3) is 0 Å². The van der Waals surface area contributed by atoms with Gasteiger partial charge in [-0.3, -0.25) is 4.79 Å². The van der Waals surface area contributed by atoms with Crippen LogP contribution in [0.5, 0.6) is 5.75 Å². The molecule has 0 amide bonds. The van der Waals surface area contributed by atoms with Crippen molar-refractivity contribution in [1.82, 2.24) is 0 Å². The Morgan fingerprint density at radius 3 is 2.29 bits per heavy atom. The third-order valence-corrected chi connectivity index (χ3v) is 1.56. The van der Waals surface area contributed by atoms with Crippen LogP contribution in [0.3, 0.4) is 0 Å². The molecule has 0 saturated carbocycles. The van der Waals surface area contributed by atoms with Crippen molar-refractivity contribution in [3.63, 3.8) is 0 Å². The summed E-state index contributed by atoms with van der Waals surface area (Å²) in [5.74, 6) is -0.446. The summed E-state index contributed by atoms with van der Waals surface area (Å²) in [6.07, 6.45) is 0.181. The number of phenols is 1. The van der Waals surface area contributed by atoms with Crippen LogP contribution in [0.1, 0.15) is 10.4 Å². The van der Waals surface area contributed by atoms with Crippen molar-refractivity contribution in [3.05, 3.63) is 23.8 Å². The first-order valence-electron chi connectivity index (χ1n) is 3.43. The molecule has 0 bridgehead atoms. The predicted octanol–water partition coefficient (Wildman–Crippen LogP) is -1.74. The Balaban J connectivity index is 0.00000169. The molecular weight excluding hydrogens is 223 g/mol. The molecule has 0 atom stereocenters. The number of phenolic OH excluding ortho intramolecular Hbond substituents is 1. The first-order chi connectivity index (χ1) is 5.95. The number of aldehydes is 1. The smallest absolute Gasteiger partial charge is 0.507 e. The Bertz CT molecular complexity index is 340. The van der Waals surface area contributed by atoms with Gasteiger partial charge in [0.05, 0.1) is 5.56 Å². The average molecular weight is 228 g/mol. The number of hydrogen-bond acceptors (Lipinski definition) is 2. The predicted molar refractivity (Wildman–Crippen MR) is 42.2 cm³/mol. The SMILES string of the molecule is O=Cc1cc([B-](F)(F)F)ccc1O.[K+]. The van der Waals surface area contributed by atoms with E-state index < -0.39 is 18.2 Å². The van der Waals surface area contributed by atoms with Crippen LogP contribution in [0.15, 0.2) is 18.2 Å². The van der Waals surface area contributed by atoms with Gasteiger partial charge in [0.15, 0.2) is 6.29 Å². The molecule has 0 aliphatic carbocycles. The van der Waals surface area contributed by atoms with Crippen molar-refractivity contribution in [2.75, 3.05) is 0 Å². The van der Waals surface area contributed by atoms with Crippen molar-refractivity contribution in [3.8, 4) is 5.75 Å². The summed E-state index contributed by atoms with van der Waals surface area (Å²) >= 11 is 0. The molecule has 0 heterocycles. The van der Waals surface area contributed by atoms with Gasteiger partial charge in [0.1, 0.15) is 5.75 Å². The maximum atomic E-state index is 12.1. The molecule has 0 aliphatic rings. The van der Waals surface area contributed by atoms with E-state index in [1.807, 2.05) is 0 Å². The molecule has 1 rings (SSSR count). The van der Waals surface area contributed by atoms with Gasteiger partial charge in [-0.15, -0.1) is 5.46 Å². The van der Waals surface area contributed by atoms with Crippen LogP contribution in [0.2, 0.25) is 0 Å². The van der Waals surface area contributed by atoms with E-state index in [0.29, 0.717) is 6.07 Å². The van der Waals surface area contributed by atoms with E-state index in [2.05, 4.69) is 0 Å². The maximum absolute atomic E-state index is 12.1. The van der Waals surface area contributed by atoms with E-state index in [0.717, 1.165) is 12.1 Å². The summed E-state index contributed by atoms with van der Waals surface area (Å²) in [6.45, 7) is -5.12. The van der Waals surface area contributed by atoms with E-state index >= 15 is 0 Å². The summed E-state index contributed by atoms with van der Waals surface area (Å²) in [6, 6.07) is 2.22. The molecule has 0 unspecified atom stereocenters. The van der Waals surface area contributed by atoms with Crippen LogP contribution in [0, 0.1) is 0 Å². The second-order valence-electron chi connectivity index (χ2n) is 2.51. The number of rotatable bonds is 2. The monoisotopic (exact) mass is 228 g/mol. The van der Waals surface area contributed by atoms with Crippen LogP contribution in [-0.4, -0.2) is 18.4 Å². The Kier molecular flexibility index (Phi) is 5.38. The van der Waals surface area contributed by atoms with Crippen LogP contribution < -0.4 is 56.8 Å². The first-order valence-corrected chi connectivity index (χ1v) is 3.43. The second kappa shape index (κ2) is 5.32. The van der Waals surface area contributed by atoms with E-state index in [-0.39, 0.29) is 63.2 Å². The topological polar surface area (TPSA) is 37.3 Å². The first kappa shape index (κ1) is 14.2. The zero-order chi connectivity index (χ0) is 10.1. The normalized spacial score (nSPS) is 10.5. The minimum absolute atomic E-state index is 0. The molecule has 1 N–H and O–H groups in total. The number of benzene rings is 1. The number of carbonyl (C=O) groups is 1. The minimum atomic E-state index is -5.12. The van der Waals surface area contributed by atoms with Gasteiger partial charge in [0.25, 0.3) is 0 Å².